The Bertz CT molecular complexity index is 576. The summed E-state index contributed by atoms with van der Waals surface area (Å²) in [7, 11) is 0. The molecule has 1 aliphatic heterocycles. The number of carbonyl (C=O) groups excluding carboxylic acids is 4. The van der Waals surface area contributed by atoms with Gasteiger partial charge in [-0.15, -0.1) is 5.06 Å². The molecule has 0 bridgehead atoms. The minimum Gasteiger partial charge on any atom is -0.466 e. The van der Waals surface area contributed by atoms with E-state index in [0.29, 0.717) is 18.1 Å². The molecule has 0 saturated carbocycles. The molecule has 1 unspecified atom stereocenters. The van der Waals surface area contributed by atoms with E-state index in [9.17, 15) is 19.2 Å². The summed E-state index contributed by atoms with van der Waals surface area (Å²) in [5, 5.41) is 0.474. The van der Waals surface area contributed by atoms with E-state index in [-0.39, 0.29) is 31.3 Å². The van der Waals surface area contributed by atoms with Crippen LogP contribution in [0, 0.1) is 11.3 Å². The minimum atomic E-state index is -0.829. The SMILES string of the molecule is CC(CC(=O)OCCC(C)(C)OCCC(C)(C)C)C(=O)ON1C(=O)CCC1=O. The van der Waals surface area contributed by atoms with Crippen LogP contribution < -0.4 is 0 Å². The highest BCUT2D eigenvalue weighted by Gasteiger charge is 2.34. The molecule has 1 heterocycles. The average molecular weight is 399 g/mol. The molecule has 0 aromatic rings. The van der Waals surface area contributed by atoms with Gasteiger partial charge >= 0.3 is 11.9 Å². The summed E-state index contributed by atoms with van der Waals surface area (Å²) >= 11 is 0. The van der Waals surface area contributed by atoms with E-state index in [0.717, 1.165) is 6.42 Å². The summed E-state index contributed by atoms with van der Waals surface area (Å²) in [6.07, 6.45) is 1.31. The lowest BCUT2D eigenvalue weighted by atomic mass is 9.93. The van der Waals surface area contributed by atoms with E-state index >= 15 is 0 Å². The highest BCUT2D eigenvalue weighted by atomic mass is 16.7. The number of hydrogen-bond donors (Lipinski definition) is 0. The number of imide groups is 1. The van der Waals surface area contributed by atoms with Crippen LogP contribution in [-0.2, 0) is 33.5 Å². The molecule has 8 nitrogen and oxygen atoms in total. The Hall–Kier alpha value is -1.96. The maximum absolute atomic E-state index is 12.0. The lowest BCUT2D eigenvalue weighted by molar-refractivity contribution is -0.200. The van der Waals surface area contributed by atoms with Crippen molar-refractivity contribution in [2.75, 3.05) is 13.2 Å². The van der Waals surface area contributed by atoms with Crippen LogP contribution in [0.15, 0.2) is 0 Å². The summed E-state index contributed by atoms with van der Waals surface area (Å²) in [5.41, 5.74) is -0.232. The number of ether oxygens (including phenoxy) is 2. The molecule has 8 heteroatoms. The number of amides is 2. The van der Waals surface area contributed by atoms with Gasteiger partial charge in [-0.25, -0.2) is 4.79 Å². The first-order chi connectivity index (χ1) is 12.8. The Balaban J connectivity index is 2.30. The number of hydrogen-bond acceptors (Lipinski definition) is 7. The molecule has 0 spiro atoms. The maximum Gasteiger partial charge on any atom is 0.336 e. The van der Waals surface area contributed by atoms with Gasteiger partial charge in [0.1, 0.15) is 0 Å². The van der Waals surface area contributed by atoms with E-state index in [1.165, 1.54) is 6.92 Å². The van der Waals surface area contributed by atoms with Crippen LogP contribution in [-0.4, -0.2) is 47.6 Å². The van der Waals surface area contributed by atoms with Gasteiger partial charge in [0.2, 0.25) is 0 Å². The van der Waals surface area contributed by atoms with Crippen molar-refractivity contribution in [3.63, 3.8) is 0 Å². The predicted octanol–water partition coefficient (Wildman–Crippen LogP) is 2.78. The second-order valence-electron chi connectivity index (χ2n) is 8.99. The van der Waals surface area contributed by atoms with Crippen molar-refractivity contribution in [3.8, 4) is 0 Å². The fourth-order valence-corrected chi connectivity index (χ4v) is 2.35. The molecule has 1 atom stereocenters. The van der Waals surface area contributed by atoms with Crippen LogP contribution in [0.4, 0.5) is 0 Å². The highest BCUT2D eigenvalue weighted by molar-refractivity contribution is 6.01. The van der Waals surface area contributed by atoms with Gasteiger partial charge in [0, 0.05) is 25.9 Å². The van der Waals surface area contributed by atoms with Crippen molar-refractivity contribution < 1.29 is 33.5 Å². The zero-order chi connectivity index (χ0) is 21.5. The fraction of sp³-hybridized carbons (Fsp3) is 0.800. The molecule has 28 heavy (non-hydrogen) atoms. The molecule has 1 rings (SSSR count). The van der Waals surface area contributed by atoms with E-state index in [1.807, 2.05) is 13.8 Å². The molecule has 0 radical (unpaired) electrons. The van der Waals surface area contributed by atoms with Crippen LogP contribution in [0.3, 0.4) is 0 Å². The third-order valence-electron chi connectivity index (χ3n) is 4.37. The van der Waals surface area contributed by atoms with Crippen molar-refractivity contribution in [3.05, 3.63) is 0 Å². The Kier molecular flexibility index (Phi) is 8.60. The molecule has 0 aliphatic carbocycles. The molecular formula is C20H33NO7. The number of nitrogens with zero attached hydrogens (tertiary/aromatic N) is 1. The summed E-state index contributed by atoms with van der Waals surface area (Å²) in [4.78, 5) is 51.6. The highest BCUT2D eigenvalue weighted by Crippen LogP contribution is 2.22. The average Bonchev–Trinajstić information content (AvgIpc) is 2.84. The Morgan fingerprint density at radius 3 is 2.11 bits per heavy atom. The van der Waals surface area contributed by atoms with Crippen molar-refractivity contribution in [2.24, 2.45) is 11.3 Å². The Morgan fingerprint density at radius 2 is 1.57 bits per heavy atom. The van der Waals surface area contributed by atoms with E-state index in [2.05, 4.69) is 20.8 Å². The summed E-state index contributed by atoms with van der Waals surface area (Å²) in [5.74, 6) is -3.30. The van der Waals surface area contributed by atoms with Crippen LogP contribution in [0.1, 0.15) is 73.6 Å². The quantitative estimate of drug-likeness (QED) is 0.411. The Labute approximate surface area is 166 Å². The zero-order valence-electron chi connectivity index (χ0n) is 17.8. The van der Waals surface area contributed by atoms with E-state index in [4.69, 9.17) is 14.3 Å². The van der Waals surface area contributed by atoms with Crippen molar-refractivity contribution in [1.29, 1.82) is 0 Å². The van der Waals surface area contributed by atoms with Gasteiger partial charge in [0.25, 0.3) is 11.8 Å². The lowest BCUT2D eigenvalue weighted by Crippen LogP contribution is -2.34. The number of carbonyl (C=O) groups is 4. The second kappa shape index (κ2) is 10.0. The smallest absolute Gasteiger partial charge is 0.336 e. The molecule has 0 N–H and O–H groups in total. The molecule has 1 fully saturated rings. The molecule has 1 saturated heterocycles. The van der Waals surface area contributed by atoms with Crippen LogP contribution in [0.5, 0.6) is 0 Å². The van der Waals surface area contributed by atoms with Gasteiger partial charge in [-0.2, -0.15) is 0 Å². The standard InChI is InChI=1S/C20H33NO7/c1-14(18(25)28-21-15(22)7-8-16(21)23)13-17(24)26-11-10-20(5,6)27-12-9-19(2,3)4/h14H,7-13H2,1-6H3. The van der Waals surface area contributed by atoms with Crippen molar-refractivity contribution in [2.45, 2.75) is 79.2 Å². The van der Waals surface area contributed by atoms with E-state index < -0.39 is 35.3 Å². The number of hydroxylamine groups is 2. The zero-order valence-corrected chi connectivity index (χ0v) is 17.8. The minimum absolute atomic E-state index is 0.0240. The maximum atomic E-state index is 12.0. The van der Waals surface area contributed by atoms with Gasteiger partial charge in [-0.1, -0.05) is 27.7 Å². The molecule has 0 aromatic carbocycles. The van der Waals surface area contributed by atoms with Crippen LogP contribution in [0.25, 0.3) is 0 Å². The molecular weight excluding hydrogens is 366 g/mol. The van der Waals surface area contributed by atoms with Crippen molar-refractivity contribution in [1.82, 2.24) is 5.06 Å². The summed E-state index contributed by atoms with van der Waals surface area (Å²) in [6, 6.07) is 0. The normalized spacial score (nSPS) is 16.3. The predicted molar refractivity (Wildman–Crippen MR) is 101 cm³/mol. The largest absolute Gasteiger partial charge is 0.466 e. The van der Waals surface area contributed by atoms with Gasteiger partial charge in [-0.3, -0.25) is 14.4 Å². The first kappa shape index (κ1) is 24.1. The summed E-state index contributed by atoms with van der Waals surface area (Å²) < 4.78 is 11.1. The third kappa shape index (κ3) is 8.82. The van der Waals surface area contributed by atoms with Gasteiger partial charge in [0.05, 0.1) is 24.5 Å². The topological polar surface area (TPSA) is 99.2 Å². The van der Waals surface area contributed by atoms with Gasteiger partial charge < -0.3 is 14.3 Å². The van der Waals surface area contributed by atoms with Crippen LogP contribution >= 0.6 is 0 Å². The third-order valence-corrected chi connectivity index (χ3v) is 4.37. The summed E-state index contributed by atoms with van der Waals surface area (Å²) in [6.45, 7) is 12.6. The lowest BCUT2D eigenvalue weighted by Gasteiger charge is -2.27. The van der Waals surface area contributed by atoms with Gasteiger partial charge in [0.15, 0.2) is 0 Å². The first-order valence-corrected chi connectivity index (χ1v) is 9.68. The fourth-order valence-electron chi connectivity index (χ4n) is 2.35. The molecule has 2 amide bonds. The molecule has 1 aliphatic rings. The number of rotatable bonds is 10. The van der Waals surface area contributed by atoms with E-state index in [1.54, 1.807) is 0 Å². The number of esters is 1. The molecule has 160 valence electrons. The van der Waals surface area contributed by atoms with Crippen LogP contribution in [0.2, 0.25) is 0 Å². The second-order valence-corrected chi connectivity index (χ2v) is 8.99. The van der Waals surface area contributed by atoms with Gasteiger partial charge in [-0.05, 0) is 25.7 Å². The monoisotopic (exact) mass is 399 g/mol. The first-order valence-electron chi connectivity index (χ1n) is 9.68. The molecule has 0 aromatic heterocycles. The Morgan fingerprint density at radius 1 is 1.00 bits per heavy atom. The van der Waals surface area contributed by atoms with Crippen molar-refractivity contribution >= 4 is 23.8 Å².